The summed E-state index contributed by atoms with van der Waals surface area (Å²) in [5.74, 6) is -0.421. The molecule has 0 aliphatic carbocycles. The van der Waals surface area contributed by atoms with Crippen molar-refractivity contribution in [1.82, 2.24) is 9.55 Å². The number of rotatable bonds is 3. The normalized spacial score (nSPS) is 12.6. The number of carbonyl (C=O) groups is 1. The molecular formula is C13H16N2O3S. The summed E-state index contributed by atoms with van der Waals surface area (Å²) < 4.78 is 6.27. The highest BCUT2D eigenvalue weighted by atomic mass is 32.1. The zero-order valence-corrected chi connectivity index (χ0v) is 12.2. The first kappa shape index (κ1) is 13.7. The standard InChI is InChI=1S/C13H16N2O3S/c1-5-18-13(17)8(3)15-6-14-11-10(12(15)16)7(2)9(4)19-11/h6,8H,5H2,1-4H3/t8-/m1/s1. The maximum absolute atomic E-state index is 12.4. The quantitative estimate of drug-likeness (QED) is 0.809. The van der Waals surface area contributed by atoms with Crippen molar-refractivity contribution in [3.05, 3.63) is 27.1 Å². The third-order valence-electron chi connectivity index (χ3n) is 3.16. The van der Waals surface area contributed by atoms with Gasteiger partial charge in [-0.15, -0.1) is 11.3 Å². The van der Waals surface area contributed by atoms with E-state index in [1.807, 2.05) is 13.8 Å². The molecule has 0 spiro atoms. The largest absolute Gasteiger partial charge is 0.464 e. The maximum atomic E-state index is 12.4. The Morgan fingerprint density at radius 3 is 2.84 bits per heavy atom. The van der Waals surface area contributed by atoms with Gasteiger partial charge in [0.2, 0.25) is 0 Å². The van der Waals surface area contributed by atoms with Crippen molar-refractivity contribution in [1.29, 1.82) is 0 Å². The van der Waals surface area contributed by atoms with Crippen LogP contribution in [0.15, 0.2) is 11.1 Å². The topological polar surface area (TPSA) is 61.2 Å². The Morgan fingerprint density at radius 2 is 2.21 bits per heavy atom. The van der Waals surface area contributed by atoms with Crippen LogP contribution in [0.3, 0.4) is 0 Å². The minimum atomic E-state index is -0.663. The predicted octanol–water partition coefficient (Wildman–Crippen LogP) is 2.20. The molecule has 2 aromatic rings. The van der Waals surface area contributed by atoms with E-state index < -0.39 is 12.0 Å². The number of hydrogen-bond donors (Lipinski definition) is 0. The van der Waals surface area contributed by atoms with Gasteiger partial charge in [0.25, 0.3) is 5.56 Å². The van der Waals surface area contributed by atoms with E-state index in [1.165, 1.54) is 22.2 Å². The lowest BCUT2D eigenvalue weighted by Gasteiger charge is -2.13. The molecule has 5 nitrogen and oxygen atoms in total. The number of carbonyl (C=O) groups excluding carboxylic acids is 1. The van der Waals surface area contributed by atoms with E-state index in [0.29, 0.717) is 16.8 Å². The van der Waals surface area contributed by atoms with E-state index in [9.17, 15) is 9.59 Å². The zero-order chi connectivity index (χ0) is 14.2. The minimum absolute atomic E-state index is 0.188. The third-order valence-corrected chi connectivity index (χ3v) is 4.27. The van der Waals surface area contributed by atoms with Crippen LogP contribution < -0.4 is 5.56 Å². The molecule has 102 valence electrons. The fraction of sp³-hybridized carbons (Fsp3) is 0.462. The number of aryl methyl sites for hydroxylation is 2. The molecule has 0 bridgehead atoms. The molecule has 0 fully saturated rings. The van der Waals surface area contributed by atoms with Gasteiger partial charge in [-0.25, -0.2) is 9.78 Å². The molecule has 2 aromatic heterocycles. The van der Waals surface area contributed by atoms with Crippen LogP contribution in [0.25, 0.3) is 10.2 Å². The molecule has 0 aromatic carbocycles. The van der Waals surface area contributed by atoms with E-state index in [4.69, 9.17) is 4.74 Å². The van der Waals surface area contributed by atoms with Gasteiger partial charge < -0.3 is 4.74 Å². The van der Waals surface area contributed by atoms with Crippen LogP contribution in [0.5, 0.6) is 0 Å². The molecule has 2 rings (SSSR count). The number of esters is 1. The summed E-state index contributed by atoms with van der Waals surface area (Å²) in [6.07, 6.45) is 1.42. The smallest absolute Gasteiger partial charge is 0.328 e. The number of fused-ring (bicyclic) bond motifs is 1. The summed E-state index contributed by atoms with van der Waals surface area (Å²) in [7, 11) is 0. The van der Waals surface area contributed by atoms with Gasteiger partial charge >= 0.3 is 5.97 Å². The Morgan fingerprint density at radius 1 is 1.53 bits per heavy atom. The third kappa shape index (κ3) is 2.28. The van der Waals surface area contributed by atoms with E-state index in [0.717, 1.165) is 10.4 Å². The molecule has 0 N–H and O–H groups in total. The van der Waals surface area contributed by atoms with E-state index in [2.05, 4.69) is 4.98 Å². The van der Waals surface area contributed by atoms with Crippen molar-refractivity contribution in [3.8, 4) is 0 Å². The number of hydrogen-bond acceptors (Lipinski definition) is 5. The van der Waals surface area contributed by atoms with Gasteiger partial charge in [-0.05, 0) is 33.3 Å². The van der Waals surface area contributed by atoms with Crippen LogP contribution in [0.1, 0.15) is 30.3 Å². The van der Waals surface area contributed by atoms with Crippen LogP contribution in [0.2, 0.25) is 0 Å². The van der Waals surface area contributed by atoms with E-state index in [1.54, 1.807) is 13.8 Å². The minimum Gasteiger partial charge on any atom is -0.464 e. The fourth-order valence-electron chi connectivity index (χ4n) is 1.90. The van der Waals surface area contributed by atoms with Gasteiger partial charge in [-0.1, -0.05) is 0 Å². The van der Waals surface area contributed by atoms with Crippen molar-refractivity contribution in [2.24, 2.45) is 0 Å². The van der Waals surface area contributed by atoms with Crippen molar-refractivity contribution < 1.29 is 9.53 Å². The van der Waals surface area contributed by atoms with Gasteiger partial charge in [0.15, 0.2) is 0 Å². The van der Waals surface area contributed by atoms with Gasteiger partial charge in [-0.3, -0.25) is 9.36 Å². The average molecular weight is 280 g/mol. The molecule has 6 heteroatoms. The summed E-state index contributed by atoms with van der Waals surface area (Å²) in [6.45, 7) is 7.53. The van der Waals surface area contributed by atoms with Gasteiger partial charge in [0.1, 0.15) is 10.9 Å². The molecule has 0 radical (unpaired) electrons. The maximum Gasteiger partial charge on any atom is 0.328 e. The Bertz CT molecular complexity index is 687. The van der Waals surface area contributed by atoms with Crippen LogP contribution in [0, 0.1) is 13.8 Å². The van der Waals surface area contributed by atoms with E-state index in [-0.39, 0.29) is 5.56 Å². The molecule has 0 aliphatic heterocycles. The van der Waals surface area contributed by atoms with Crippen molar-refractivity contribution in [2.45, 2.75) is 33.7 Å². The van der Waals surface area contributed by atoms with Crippen molar-refractivity contribution >= 4 is 27.5 Å². The molecule has 0 saturated carbocycles. The Hall–Kier alpha value is -1.69. The predicted molar refractivity (Wildman–Crippen MR) is 74.7 cm³/mol. The van der Waals surface area contributed by atoms with Crippen LogP contribution in [0.4, 0.5) is 0 Å². The SMILES string of the molecule is CCOC(=O)[C@@H](C)n1cnc2sc(C)c(C)c2c1=O. The second-order valence-corrected chi connectivity index (χ2v) is 5.55. The van der Waals surface area contributed by atoms with Crippen molar-refractivity contribution in [2.75, 3.05) is 6.61 Å². The first-order valence-electron chi connectivity index (χ1n) is 6.10. The molecule has 0 saturated heterocycles. The van der Waals surface area contributed by atoms with Crippen molar-refractivity contribution in [3.63, 3.8) is 0 Å². The highest BCUT2D eigenvalue weighted by molar-refractivity contribution is 7.18. The summed E-state index contributed by atoms with van der Waals surface area (Å²) >= 11 is 1.49. The Balaban J connectivity index is 2.57. The first-order valence-corrected chi connectivity index (χ1v) is 6.92. The molecule has 0 aliphatic rings. The first-order chi connectivity index (χ1) is 8.97. The van der Waals surface area contributed by atoms with E-state index >= 15 is 0 Å². The molecule has 1 atom stereocenters. The average Bonchev–Trinajstić information content (AvgIpc) is 2.66. The summed E-state index contributed by atoms with van der Waals surface area (Å²) in [5, 5.41) is 0.598. The Kier molecular flexibility index (Phi) is 3.71. The summed E-state index contributed by atoms with van der Waals surface area (Å²) in [6, 6.07) is -0.663. The number of aromatic nitrogens is 2. The highest BCUT2D eigenvalue weighted by Gasteiger charge is 2.20. The molecular weight excluding hydrogens is 264 g/mol. The number of nitrogens with zero attached hydrogens (tertiary/aromatic N) is 2. The highest BCUT2D eigenvalue weighted by Crippen LogP contribution is 2.25. The van der Waals surface area contributed by atoms with Gasteiger partial charge in [-0.2, -0.15) is 0 Å². The van der Waals surface area contributed by atoms with Crippen LogP contribution in [-0.2, 0) is 9.53 Å². The molecule has 19 heavy (non-hydrogen) atoms. The Labute approximate surface area is 114 Å². The molecule has 0 amide bonds. The lowest BCUT2D eigenvalue weighted by Crippen LogP contribution is -2.29. The lowest BCUT2D eigenvalue weighted by atomic mass is 10.2. The second-order valence-electron chi connectivity index (χ2n) is 4.35. The zero-order valence-electron chi connectivity index (χ0n) is 11.4. The van der Waals surface area contributed by atoms with Crippen LogP contribution in [-0.4, -0.2) is 22.1 Å². The van der Waals surface area contributed by atoms with Gasteiger partial charge in [0, 0.05) is 4.88 Å². The van der Waals surface area contributed by atoms with Crippen LogP contribution >= 0.6 is 11.3 Å². The monoisotopic (exact) mass is 280 g/mol. The summed E-state index contributed by atoms with van der Waals surface area (Å²) in [4.78, 5) is 30.2. The second kappa shape index (κ2) is 5.13. The number of thiophene rings is 1. The lowest BCUT2D eigenvalue weighted by molar-refractivity contribution is -0.146. The molecule has 2 heterocycles. The molecule has 0 unspecified atom stereocenters. The number of ether oxygens (including phenoxy) is 1. The van der Waals surface area contributed by atoms with Gasteiger partial charge in [0.05, 0.1) is 18.3 Å². The summed E-state index contributed by atoms with van der Waals surface area (Å²) in [5.41, 5.74) is 0.746. The fourth-order valence-corrected chi connectivity index (χ4v) is 2.89.